The summed E-state index contributed by atoms with van der Waals surface area (Å²) in [5.74, 6) is 0.424. The van der Waals surface area contributed by atoms with Gasteiger partial charge in [-0.25, -0.2) is 9.97 Å². The summed E-state index contributed by atoms with van der Waals surface area (Å²) in [5.41, 5.74) is 7.49. The van der Waals surface area contributed by atoms with E-state index >= 15 is 0 Å². The molecule has 0 radical (unpaired) electrons. The average Bonchev–Trinajstić information content (AvgIpc) is 3.37. The third-order valence-corrected chi connectivity index (χ3v) is 6.37. The molecule has 2 fully saturated rings. The minimum atomic E-state index is -0.854. The molecule has 1 saturated carbocycles. The molecule has 7 heteroatoms. The van der Waals surface area contributed by atoms with Crippen molar-refractivity contribution in [3.63, 3.8) is 0 Å². The molecule has 1 aliphatic heterocycles. The van der Waals surface area contributed by atoms with Crippen molar-refractivity contribution in [2.45, 2.75) is 37.1 Å². The number of hydrogen-bond donors (Lipinski definition) is 4. The second-order valence-electron chi connectivity index (χ2n) is 7.84. The number of anilines is 1. The molecular weight excluding hydrogens is 342 g/mol. The number of nitrogens with one attached hydrogen (secondary N) is 1. The van der Waals surface area contributed by atoms with Gasteiger partial charge >= 0.3 is 0 Å². The summed E-state index contributed by atoms with van der Waals surface area (Å²) in [6, 6.07) is 12.1. The van der Waals surface area contributed by atoms with Gasteiger partial charge in [-0.1, -0.05) is 30.3 Å². The average molecular weight is 365 g/mol. The highest BCUT2D eigenvalue weighted by Gasteiger charge is 2.56. The summed E-state index contributed by atoms with van der Waals surface area (Å²) in [6.07, 6.45) is 3.14. The molecule has 27 heavy (non-hydrogen) atoms. The summed E-state index contributed by atoms with van der Waals surface area (Å²) in [4.78, 5) is 8.37. The first kappa shape index (κ1) is 16.7. The van der Waals surface area contributed by atoms with Crippen LogP contribution >= 0.6 is 0 Å². The number of benzene rings is 1. The lowest BCUT2D eigenvalue weighted by atomic mass is 9.80. The fourth-order valence-corrected chi connectivity index (χ4v) is 4.93. The van der Waals surface area contributed by atoms with Gasteiger partial charge in [0.05, 0.1) is 17.5 Å². The van der Waals surface area contributed by atoms with Crippen molar-refractivity contribution >= 4 is 16.9 Å². The molecule has 1 aliphatic carbocycles. The van der Waals surface area contributed by atoms with Crippen molar-refractivity contribution < 1.29 is 10.2 Å². The highest BCUT2D eigenvalue weighted by atomic mass is 16.3. The van der Waals surface area contributed by atoms with Crippen molar-refractivity contribution in [1.82, 2.24) is 19.9 Å². The first-order valence-corrected chi connectivity index (χ1v) is 9.30. The number of aromatic nitrogens is 3. The van der Waals surface area contributed by atoms with Gasteiger partial charge in [0.1, 0.15) is 23.9 Å². The number of fused-ring (bicyclic) bond motifs is 1. The lowest BCUT2D eigenvalue weighted by Crippen LogP contribution is -2.38. The summed E-state index contributed by atoms with van der Waals surface area (Å²) in [7, 11) is 0. The number of rotatable bonds is 2. The van der Waals surface area contributed by atoms with E-state index < -0.39 is 12.2 Å². The van der Waals surface area contributed by atoms with Gasteiger partial charge in [-0.2, -0.15) is 0 Å². The predicted octanol–water partition coefficient (Wildman–Crippen LogP) is 1.40. The molecule has 5 N–H and O–H groups in total. The van der Waals surface area contributed by atoms with E-state index in [1.54, 1.807) is 0 Å². The third-order valence-electron chi connectivity index (χ3n) is 6.37. The van der Waals surface area contributed by atoms with Crippen molar-refractivity contribution in [2.75, 3.05) is 12.3 Å². The fraction of sp³-hybridized carbons (Fsp3) is 0.400. The molecule has 3 heterocycles. The molecule has 1 spiro atoms. The van der Waals surface area contributed by atoms with Gasteiger partial charge in [-0.3, -0.25) is 0 Å². The Balaban J connectivity index is 1.47. The first-order chi connectivity index (χ1) is 13.1. The Morgan fingerprint density at radius 1 is 1.11 bits per heavy atom. The Kier molecular flexibility index (Phi) is 3.72. The van der Waals surface area contributed by atoms with Crippen molar-refractivity contribution in [2.24, 2.45) is 5.41 Å². The molecule has 3 aromatic rings. The van der Waals surface area contributed by atoms with E-state index in [0.29, 0.717) is 24.4 Å². The van der Waals surface area contributed by atoms with Gasteiger partial charge in [-0.15, -0.1) is 0 Å². The molecule has 140 valence electrons. The van der Waals surface area contributed by atoms with Crippen LogP contribution in [0.1, 0.15) is 30.5 Å². The zero-order chi connectivity index (χ0) is 18.6. The monoisotopic (exact) mass is 365 g/mol. The number of nitrogen functional groups attached to an aromatic ring is 1. The zero-order valence-electron chi connectivity index (χ0n) is 14.9. The fourth-order valence-electron chi connectivity index (χ4n) is 4.93. The van der Waals surface area contributed by atoms with Crippen LogP contribution in [0.4, 0.5) is 5.82 Å². The van der Waals surface area contributed by atoms with Crippen LogP contribution in [-0.4, -0.2) is 43.5 Å². The number of nitrogens with zero attached hydrogens (tertiary/aromatic N) is 3. The Morgan fingerprint density at radius 3 is 2.74 bits per heavy atom. The minimum Gasteiger partial charge on any atom is -0.390 e. The molecule has 0 amide bonds. The van der Waals surface area contributed by atoms with Crippen molar-refractivity contribution in [1.29, 1.82) is 0 Å². The van der Waals surface area contributed by atoms with E-state index in [9.17, 15) is 10.2 Å². The third kappa shape index (κ3) is 2.46. The van der Waals surface area contributed by atoms with Crippen LogP contribution in [0.5, 0.6) is 0 Å². The van der Waals surface area contributed by atoms with E-state index in [2.05, 4.69) is 27.4 Å². The summed E-state index contributed by atoms with van der Waals surface area (Å²) >= 11 is 0. The summed E-state index contributed by atoms with van der Waals surface area (Å²) < 4.78 is 1.94. The van der Waals surface area contributed by atoms with Crippen LogP contribution in [-0.2, 0) is 0 Å². The molecule has 1 saturated heterocycles. The Labute approximate surface area is 156 Å². The van der Waals surface area contributed by atoms with Crippen molar-refractivity contribution in [3.05, 3.63) is 54.5 Å². The molecule has 5 rings (SSSR count). The summed E-state index contributed by atoms with van der Waals surface area (Å²) in [6.45, 7) is 0.678. The SMILES string of the molecule is Nc1ncnc2c1ccn2[C@@H]1C[C@@]2(CN[C@H](c3ccccc3)C2)[C@@H](O)[C@H]1O. The lowest BCUT2D eigenvalue weighted by molar-refractivity contribution is -0.0218. The number of hydrogen-bond acceptors (Lipinski definition) is 6. The van der Waals surface area contributed by atoms with E-state index in [0.717, 1.165) is 11.8 Å². The number of aliphatic hydroxyl groups is 2. The molecular formula is C20H23N5O2. The standard InChI is InChI=1S/C20H23N5O2/c21-18-13-6-7-25(19(13)24-11-23-18)15-9-20(17(27)16(15)26)8-14(22-10-20)12-4-2-1-3-5-12/h1-7,11,14-17,22,26-27H,8-10H2,(H2,21,23,24)/t14-,15+,16-,17-,20-/m0/s1. The second-order valence-corrected chi connectivity index (χ2v) is 7.84. The summed E-state index contributed by atoms with van der Waals surface area (Å²) in [5, 5.41) is 26.1. The minimum absolute atomic E-state index is 0.186. The molecule has 7 nitrogen and oxygen atoms in total. The van der Waals surface area contributed by atoms with Crippen molar-refractivity contribution in [3.8, 4) is 0 Å². The van der Waals surface area contributed by atoms with Gasteiger partial charge in [0, 0.05) is 24.2 Å². The Morgan fingerprint density at radius 2 is 1.93 bits per heavy atom. The molecule has 1 aromatic carbocycles. The van der Waals surface area contributed by atoms with E-state index in [-0.39, 0.29) is 17.5 Å². The quantitative estimate of drug-likeness (QED) is 0.547. The maximum atomic E-state index is 10.9. The number of aliphatic hydroxyl groups excluding tert-OH is 2. The lowest BCUT2D eigenvalue weighted by Gasteiger charge is -2.27. The van der Waals surface area contributed by atoms with Crippen LogP contribution in [0, 0.1) is 5.41 Å². The van der Waals surface area contributed by atoms with Crippen LogP contribution in [0.15, 0.2) is 48.9 Å². The Bertz CT molecular complexity index is 975. The van der Waals surface area contributed by atoms with Crippen LogP contribution < -0.4 is 11.1 Å². The highest BCUT2D eigenvalue weighted by Crippen LogP contribution is 2.52. The molecule has 2 aromatic heterocycles. The normalized spacial score (nSPS) is 33.3. The topological polar surface area (TPSA) is 109 Å². The largest absolute Gasteiger partial charge is 0.390 e. The number of nitrogens with two attached hydrogens (primary N) is 1. The van der Waals surface area contributed by atoms with E-state index in [1.807, 2.05) is 35.0 Å². The maximum absolute atomic E-state index is 10.9. The van der Waals surface area contributed by atoms with Gasteiger partial charge in [0.2, 0.25) is 0 Å². The van der Waals surface area contributed by atoms with E-state index in [1.165, 1.54) is 11.9 Å². The highest BCUT2D eigenvalue weighted by molar-refractivity contribution is 5.86. The van der Waals surface area contributed by atoms with Gasteiger partial charge < -0.3 is 25.8 Å². The smallest absolute Gasteiger partial charge is 0.145 e. The van der Waals surface area contributed by atoms with Crippen LogP contribution in [0.3, 0.4) is 0 Å². The van der Waals surface area contributed by atoms with Gasteiger partial charge in [0.25, 0.3) is 0 Å². The van der Waals surface area contributed by atoms with Gasteiger partial charge in [-0.05, 0) is 24.5 Å². The zero-order valence-corrected chi connectivity index (χ0v) is 14.9. The second kappa shape index (κ2) is 6.02. The first-order valence-electron chi connectivity index (χ1n) is 9.30. The predicted molar refractivity (Wildman–Crippen MR) is 102 cm³/mol. The molecule has 0 bridgehead atoms. The van der Waals surface area contributed by atoms with Gasteiger partial charge in [0.15, 0.2) is 0 Å². The van der Waals surface area contributed by atoms with Crippen LogP contribution in [0.2, 0.25) is 0 Å². The van der Waals surface area contributed by atoms with E-state index in [4.69, 9.17) is 5.73 Å². The molecule has 2 aliphatic rings. The molecule has 0 unspecified atom stereocenters. The Hall–Kier alpha value is -2.48. The molecule has 5 atom stereocenters. The van der Waals surface area contributed by atoms with Crippen LogP contribution in [0.25, 0.3) is 11.0 Å². The maximum Gasteiger partial charge on any atom is 0.145 e.